The van der Waals surface area contributed by atoms with Crippen molar-refractivity contribution >= 4 is 17.5 Å². The fraction of sp³-hybridized carbons (Fsp3) is 0.286. The Hall–Kier alpha value is -2.99. The summed E-state index contributed by atoms with van der Waals surface area (Å²) < 4.78 is 5.13. The van der Waals surface area contributed by atoms with Crippen LogP contribution in [-0.4, -0.2) is 29.6 Å². The standard InChI is InChI=1S/C21H23N3O3/c1-27-15-18-9-5-8-17(12-18)13-22-21(26)19-10-11-20(25)24(23-19)14-16-6-3-2-4-7-16/h2-9,12H,10-11,13-15H2,1H3,(H,22,26). The maximum atomic E-state index is 12.5. The molecule has 0 spiro atoms. The topological polar surface area (TPSA) is 71.0 Å². The molecule has 0 bridgehead atoms. The molecule has 140 valence electrons. The Morgan fingerprint density at radius 1 is 1.07 bits per heavy atom. The van der Waals surface area contributed by atoms with Gasteiger partial charge in [0.25, 0.3) is 5.91 Å². The van der Waals surface area contributed by atoms with Gasteiger partial charge in [-0.1, -0.05) is 54.6 Å². The zero-order valence-corrected chi connectivity index (χ0v) is 15.4. The van der Waals surface area contributed by atoms with Crippen LogP contribution in [0.2, 0.25) is 0 Å². The van der Waals surface area contributed by atoms with Crippen LogP contribution in [-0.2, 0) is 34.0 Å². The van der Waals surface area contributed by atoms with Gasteiger partial charge >= 0.3 is 0 Å². The van der Waals surface area contributed by atoms with E-state index in [0.29, 0.717) is 38.2 Å². The largest absolute Gasteiger partial charge is 0.380 e. The molecule has 0 radical (unpaired) electrons. The van der Waals surface area contributed by atoms with Crippen molar-refractivity contribution in [3.63, 3.8) is 0 Å². The van der Waals surface area contributed by atoms with E-state index >= 15 is 0 Å². The molecule has 0 atom stereocenters. The van der Waals surface area contributed by atoms with Crippen LogP contribution in [0, 0.1) is 0 Å². The van der Waals surface area contributed by atoms with Gasteiger partial charge in [-0.2, -0.15) is 5.10 Å². The van der Waals surface area contributed by atoms with E-state index in [2.05, 4.69) is 10.4 Å². The van der Waals surface area contributed by atoms with Crippen LogP contribution < -0.4 is 5.32 Å². The number of rotatable bonds is 7. The molecule has 0 saturated carbocycles. The second kappa shape index (κ2) is 9.09. The van der Waals surface area contributed by atoms with Gasteiger partial charge in [0.1, 0.15) is 5.71 Å². The first-order valence-corrected chi connectivity index (χ1v) is 8.92. The van der Waals surface area contributed by atoms with Crippen molar-refractivity contribution in [1.82, 2.24) is 10.3 Å². The Morgan fingerprint density at radius 2 is 1.81 bits per heavy atom. The van der Waals surface area contributed by atoms with Crippen LogP contribution in [0.3, 0.4) is 0 Å². The molecule has 1 heterocycles. The van der Waals surface area contributed by atoms with Gasteiger partial charge < -0.3 is 10.1 Å². The third-order valence-corrected chi connectivity index (χ3v) is 4.30. The SMILES string of the molecule is COCc1cccc(CNC(=O)C2=NN(Cc3ccccc3)C(=O)CC2)c1. The van der Waals surface area contributed by atoms with Gasteiger partial charge in [0.15, 0.2) is 0 Å². The molecule has 2 aromatic rings. The van der Waals surface area contributed by atoms with Crippen molar-refractivity contribution in [2.45, 2.75) is 32.5 Å². The molecule has 0 saturated heterocycles. The van der Waals surface area contributed by atoms with Crippen LogP contribution >= 0.6 is 0 Å². The fourth-order valence-electron chi connectivity index (χ4n) is 2.93. The Kier molecular flexibility index (Phi) is 6.33. The Bertz CT molecular complexity index is 834. The zero-order chi connectivity index (χ0) is 19.1. The Morgan fingerprint density at radius 3 is 2.59 bits per heavy atom. The lowest BCUT2D eigenvalue weighted by molar-refractivity contribution is -0.132. The summed E-state index contributed by atoms with van der Waals surface area (Å²) in [6.07, 6.45) is 0.655. The number of hydrazone groups is 1. The molecular formula is C21H23N3O3. The molecule has 0 aromatic heterocycles. The predicted octanol–water partition coefficient (Wildman–Crippen LogP) is 2.63. The third kappa shape index (κ3) is 5.24. The Labute approximate surface area is 158 Å². The molecule has 27 heavy (non-hydrogen) atoms. The number of carbonyl (C=O) groups excluding carboxylic acids is 2. The highest BCUT2D eigenvalue weighted by atomic mass is 16.5. The van der Waals surface area contributed by atoms with Crippen molar-refractivity contribution in [3.05, 3.63) is 71.3 Å². The van der Waals surface area contributed by atoms with Gasteiger partial charge in [-0.05, 0) is 16.7 Å². The molecule has 1 aliphatic heterocycles. The maximum absolute atomic E-state index is 12.5. The molecule has 1 N–H and O–H groups in total. The summed E-state index contributed by atoms with van der Waals surface area (Å²) >= 11 is 0. The molecule has 6 heteroatoms. The Balaban J connectivity index is 1.62. The normalized spacial score (nSPS) is 14.0. The van der Waals surface area contributed by atoms with Gasteiger partial charge in [-0.25, -0.2) is 5.01 Å². The van der Waals surface area contributed by atoms with Crippen LogP contribution in [0.15, 0.2) is 59.7 Å². The summed E-state index contributed by atoms with van der Waals surface area (Å²) in [6.45, 7) is 1.31. The van der Waals surface area contributed by atoms with E-state index < -0.39 is 0 Å². The summed E-state index contributed by atoms with van der Waals surface area (Å²) in [7, 11) is 1.65. The number of hydrogen-bond donors (Lipinski definition) is 1. The second-order valence-corrected chi connectivity index (χ2v) is 6.42. The fourth-order valence-corrected chi connectivity index (χ4v) is 2.93. The minimum absolute atomic E-state index is 0.0670. The smallest absolute Gasteiger partial charge is 0.267 e. The predicted molar refractivity (Wildman–Crippen MR) is 103 cm³/mol. The first kappa shape index (κ1) is 18.8. The average Bonchev–Trinajstić information content (AvgIpc) is 2.69. The number of methoxy groups -OCH3 is 1. The summed E-state index contributed by atoms with van der Waals surface area (Å²) in [5.41, 5.74) is 3.41. The van der Waals surface area contributed by atoms with Crippen LogP contribution in [0.5, 0.6) is 0 Å². The lowest BCUT2D eigenvalue weighted by Gasteiger charge is -2.23. The van der Waals surface area contributed by atoms with Gasteiger partial charge in [-0.3, -0.25) is 9.59 Å². The van der Waals surface area contributed by atoms with Crippen molar-refractivity contribution in [2.24, 2.45) is 5.10 Å². The molecule has 6 nitrogen and oxygen atoms in total. The highest BCUT2D eigenvalue weighted by Crippen LogP contribution is 2.14. The van der Waals surface area contributed by atoms with Crippen LogP contribution in [0.1, 0.15) is 29.5 Å². The minimum atomic E-state index is -0.238. The van der Waals surface area contributed by atoms with Gasteiger partial charge in [-0.15, -0.1) is 0 Å². The highest BCUT2D eigenvalue weighted by Gasteiger charge is 2.24. The third-order valence-electron chi connectivity index (χ3n) is 4.30. The van der Waals surface area contributed by atoms with E-state index in [1.165, 1.54) is 5.01 Å². The van der Waals surface area contributed by atoms with E-state index in [9.17, 15) is 9.59 Å². The van der Waals surface area contributed by atoms with Crippen molar-refractivity contribution in [2.75, 3.05) is 7.11 Å². The number of benzene rings is 2. The summed E-state index contributed by atoms with van der Waals surface area (Å²) in [5, 5.41) is 8.56. The average molecular weight is 365 g/mol. The number of nitrogens with one attached hydrogen (secondary N) is 1. The van der Waals surface area contributed by atoms with E-state index in [0.717, 1.165) is 16.7 Å². The monoisotopic (exact) mass is 365 g/mol. The summed E-state index contributed by atoms with van der Waals surface area (Å²) in [5.74, 6) is -0.305. The minimum Gasteiger partial charge on any atom is -0.380 e. The number of carbonyl (C=O) groups is 2. The molecule has 2 amide bonds. The van der Waals surface area contributed by atoms with Crippen molar-refractivity contribution in [1.29, 1.82) is 0 Å². The number of nitrogens with zero attached hydrogens (tertiary/aromatic N) is 2. The van der Waals surface area contributed by atoms with Crippen LogP contribution in [0.4, 0.5) is 0 Å². The molecule has 1 aliphatic rings. The maximum Gasteiger partial charge on any atom is 0.267 e. The van der Waals surface area contributed by atoms with E-state index in [1.807, 2.05) is 54.6 Å². The summed E-state index contributed by atoms with van der Waals surface area (Å²) in [6, 6.07) is 17.5. The second-order valence-electron chi connectivity index (χ2n) is 6.42. The number of hydrogen-bond acceptors (Lipinski definition) is 4. The van der Waals surface area contributed by atoms with E-state index in [1.54, 1.807) is 7.11 Å². The van der Waals surface area contributed by atoms with Gasteiger partial charge in [0.05, 0.1) is 13.2 Å². The van der Waals surface area contributed by atoms with Gasteiger partial charge in [0.2, 0.25) is 5.91 Å². The zero-order valence-electron chi connectivity index (χ0n) is 15.4. The molecule has 3 rings (SSSR count). The van der Waals surface area contributed by atoms with E-state index in [-0.39, 0.29) is 11.8 Å². The highest BCUT2D eigenvalue weighted by molar-refractivity contribution is 6.39. The van der Waals surface area contributed by atoms with Gasteiger partial charge in [0, 0.05) is 26.5 Å². The lowest BCUT2D eigenvalue weighted by atomic mass is 10.1. The molecule has 2 aromatic carbocycles. The van der Waals surface area contributed by atoms with Crippen molar-refractivity contribution in [3.8, 4) is 0 Å². The lowest BCUT2D eigenvalue weighted by Crippen LogP contribution is -2.38. The molecular weight excluding hydrogens is 342 g/mol. The number of ether oxygens (including phenoxy) is 1. The first-order valence-electron chi connectivity index (χ1n) is 8.92. The summed E-state index contributed by atoms with van der Waals surface area (Å²) in [4.78, 5) is 24.6. The quantitative estimate of drug-likeness (QED) is 0.820. The molecule has 0 aliphatic carbocycles. The van der Waals surface area contributed by atoms with Crippen LogP contribution in [0.25, 0.3) is 0 Å². The number of amides is 2. The first-order chi connectivity index (χ1) is 13.2. The molecule has 0 fully saturated rings. The van der Waals surface area contributed by atoms with Crippen molar-refractivity contribution < 1.29 is 14.3 Å². The molecule has 0 unspecified atom stereocenters. The van der Waals surface area contributed by atoms with E-state index in [4.69, 9.17) is 4.74 Å².